The number of rotatable bonds is 6. The number of carbonyl (C=O) groups is 3. The Balaban J connectivity index is 1.53. The first-order chi connectivity index (χ1) is 15.0. The zero-order chi connectivity index (χ0) is 22.2. The van der Waals surface area contributed by atoms with Gasteiger partial charge in [-0.25, -0.2) is 0 Å². The van der Waals surface area contributed by atoms with Crippen LogP contribution in [0.25, 0.3) is 0 Å². The Bertz CT molecular complexity index is 926. The number of hydrogen-bond acceptors (Lipinski definition) is 5. The Morgan fingerprint density at radius 2 is 1.61 bits per heavy atom. The normalized spacial score (nSPS) is 14.0. The van der Waals surface area contributed by atoms with Crippen LogP contribution in [-0.4, -0.2) is 60.9 Å². The maximum absolute atomic E-state index is 12.9. The van der Waals surface area contributed by atoms with Crippen molar-refractivity contribution < 1.29 is 23.9 Å². The molecule has 1 fully saturated rings. The van der Waals surface area contributed by atoms with E-state index in [0.29, 0.717) is 50.3 Å². The number of aryl methyl sites for hydroxylation is 1. The summed E-state index contributed by atoms with van der Waals surface area (Å²) in [6.07, 6.45) is 1.83. The minimum absolute atomic E-state index is 0.0990. The van der Waals surface area contributed by atoms with E-state index in [1.807, 2.05) is 29.2 Å². The van der Waals surface area contributed by atoms with Crippen LogP contribution in [0.3, 0.4) is 0 Å². The van der Waals surface area contributed by atoms with Gasteiger partial charge in [0.15, 0.2) is 0 Å². The lowest BCUT2D eigenvalue weighted by Crippen LogP contribution is -2.37. The molecule has 31 heavy (non-hydrogen) atoms. The number of carbonyl (C=O) groups excluding carboxylic acids is 3. The van der Waals surface area contributed by atoms with Crippen molar-refractivity contribution in [3.8, 4) is 11.5 Å². The third kappa shape index (κ3) is 6.31. The Labute approximate surface area is 182 Å². The predicted octanol–water partition coefficient (Wildman–Crippen LogP) is 2.93. The highest BCUT2D eigenvalue weighted by molar-refractivity contribution is 5.94. The molecule has 0 bridgehead atoms. The van der Waals surface area contributed by atoms with Gasteiger partial charge in [0.05, 0.1) is 7.11 Å². The fraction of sp³-hybridized carbons (Fsp3) is 0.375. The first-order valence-electron chi connectivity index (χ1n) is 10.4. The molecular formula is C24H28N2O5. The zero-order valence-corrected chi connectivity index (χ0v) is 18.0. The van der Waals surface area contributed by atoms with Crippen LogP contribution in [-0.2, 0) is 16.0 Å². The van der Waals surface area contributed by atoms with Gasteiger partial charge >= 0.3 is 5.97 Å². The summed E-state index contributed by atoms with van der Waals surface area (Å²) in [5, 5.41) is 0. The first-order valence-corrected chi connectivity index (χ1v) is 10.4. The molecule has 0 saturated carbocycles. The maximum Gasteiger partial charge on any atom is 0.308 e. The molecule has 1 saturated heterocycles. The number of benzene rings is 2. The average Bonchev–Trinajstić information content (AvgIpc) is 3.03. The molecule has 2 amide bonds. The molecule has 0 unspecified atom stereocenters. The molecule has 3 rings (SSSR count). The van der Waals surface area contributed by atoms with Crippen LogP contribution in [0.5, 0.6) is 11.5 Å². The lowest BCUT2D eigenvalue weighted by molar-refractivity contribution is -0.132. The second-order valence-corrected chi connectivity index (χ2v) is 7.50. The van der Waals surface area contributed by atoms with Gasteiger partial charge in [-0.3, -0.25) is 14.4 Å². The zero-order valence-electron chi connectivity index (χ0n) is 18.0. The van der Waals surface area contributed by atoms with Gasteiger partial charge in [0.2, 0.25) is 5.91 Å². The Morgan fingerprint density at radius 1 is 0.903 bits per heavy atom. The molecule has 0 radical (unpaired) electrons. The summed E-state index contributed by atoms with van der Waals surface area (Å²) in [4.78, 5) is 40.3. The van der Waals surface area contributed by atoms with Crippen molar-refractivity contribution in [1.29, 1.82) is 0 Å². The third-order valence-corrected chi connectivity index (χ3v) is 5.26. The fourth-order valence-electron chi connectivity index (χ4n) is 3.61. The summed E-state index contributed by atoms with van der Waals surface area (Å²) in [5.41, 5.74) is 1.56. The maximum atomic E-state index is 12.9. The molecule has 2 aromatic rings. The SMILES string of the molecule is COc1ccc(CCC(=O)N2CCCN(C(=O)c3cccc(OC(C)=O)c3)CC2)cc1. The second-order valence-electron chi connectivity index (χ2n) is 7.50. The van der Waals surface area contributed by atoms with Crippen LogP contribution >= 0.6 is 0 Å². The van der Waals surface area contributed by atoms with Crippen molar-refractivity contribution in [2.75, 3.05) is 33.3 Å². The summed E-state index contributed by atoms with van der Waals surface area (Å²) in [6, 6.07) is 14.3. The van der Waals surface area contributed by atoms with E-state index in [1.165, 1.54) is 6.92 Å². The second kappa shape index (κ2) is 10.6. The number of amides is 2. The Kier molecular flexibility index (Phi) is 7.65. The number of esters is 1. The molecule has 0 atom stereocenters. The molecule has 7 heteroatoms. The highest BCUT2D eigenvalue weighted by Gasteiger charge is 2.23. The third-order valence-electron chi connectivity index (χ3n) is 5.26. The van der Waals surface area contributed by atoms with E-state index in [1.54, 1.807) is 36.3 Å². The highest BCUT2D eigenvalue weighted by atomic mass is 16.5. The predicted molar refractivity (Wildman–Crippen MR) is 116 cm³/mol. The smallest absolute Gasteiger partial charge is 0.308 e. The average molecular weight is 424 g/mol. The molecule has 2 aromatic carbocycles. The summed E-state index contributed by atoms with van der Waals surface area (Å²) < 4.78 is 10.2. The fourth-order valence-corrected chi connectivity index (χ4v) is 3.61. The van der Waals surface area contributed by atoms with Crippen molar-refractivity contribution >= 4 is 17.8 Å². The number of nitrogens with zero attached hydrogens (tertiary/aromatic N) is 2. The van der Waals surface area contributed by atoms with Crippen LogP contribution in [0.4, 0.5) is 0 Å². The van der Waals surface area contributed by atoms with E-state index >= 15 is 0 Å². The lowest BCUT2D eigenvalue weighted by atomic mass is 10.1. The van der Waals surface area contributed by atoms with Gasteiger partial charge in [0.25, 0.3) is 5.91 Å². The molecule has 1 heterocycles. The van der Waals surface area contributed by atoms with Crippen molar-refractivity contribution in [2.45, 2.75) is 26.2 Å². The summed E-state index contributed by atoms with van der Waals surface area (Å²) in [5.74, 6) is 0.695. The number of methoxy groups -OCH3 is 1. The highest BCUT2D eigenvalue weighted by Crippen LogP contribution is 2.17. The van der Waals surface area contributed by atoms with Gasteiger partial charge in [-0.05, 0) is 48.7 Å². The molecule has 0 aliphatic carbocycles. The van der Waals surface area contributed by atoms with Gasteiger partial charge in [-0.1, -0.05) is 18.2 Å². The molecule has 1 aliphatic heterocycles. The molecule has 7 nitrogen and oxygen atoms in total. The number of hydrogen-bond donors (Lipinski definition) is 0. The van der Waals surface area contributed by atoms with Gasteiger partial charge in [0.1, 0.15) is 11.5 Å². The monoisotopic (exact) mass is 424 g/mol. The van der Waals surface area contributed by atoms with Gasteiger partial charge in [-0.2, -0.15) is 0 Å². The van der Waals surface area contributed by atoms with Crippen molar-refractivity contribution in [3.63, 3.8) is 0 Å². The van der Waals surface area contributed by atoms with Crippen LogP contribution in [0.2, 0.25) is 0 Å². The van der Waals surface area contributed by atoms with Crippen molar-refractivity contribution in [2.24, 2.45) is 0 Å². The van der Waals surface area contributed by atoms with E-state index in [0.717, 1.165) is 17.7 Å². The molecule has 0 N–H and O–H groups in total. The van der Waals surface area contributed by atoms with Crippen molar-refractivity contribution in [1.82, 2.24) is 9.80 Å². The molecule has 1 aliphatic rings. The topological polar surface area (TPSA) is 76.2 Å². The molecule has 0 spiro atoms. The van der Waals surface area contributed by atoms with E-state index in [9.17, 15) is 14.4 Å². The Hall–Kier alpha value is -3.35. The standard InChI is InChI=1S/C24H28N2O5/c1-18(27)31-22-6-3-5-20(17-22)24(29)26-14-4-13-25(15-16-26)23(28)12-9-19-7-10-21(30-2)11-8-19/h3,5-8,10-11,17H,4,9,12-16H2,1-2H3. The van der Waals surface area contributed by atoms with Gasteiger partial charge in [0, 0.05) is 45.1 Å². The number of ether oxygens (including phenoxy) is 2. The quantitative estimate of drug-likeness (QED) is 0.526. The van der Waals surface area contributed by atoms with E-state index in [2.05, 4.69) is 0 Å². The van der Waals surface area contributed by atoms with E-state index in [4.69, 9.17) is 9.47 Å². The van der Waals surface area contributed by atoms with Crippen LogP contribution in [0.1, 0.15) is 35.7 Å². The minimum atomic E-state index is -0.428. The molecular weight excluding hydrogens is 396 g/mol. The van der Waals surface area contributed by atoms with Crippen molar-refractivity contribution in [3.05, 3.63) is 59.7 Å². The van der Waals surface area contributed by atoms with Crippen LogP contribution < -0.4 is 9.47 Å². The van der Waals surface area contributed by atoms with E-state index in [-0.39, 0.29) is 11.8 Å². The van der Waals surface area contributed by atoms with Gasteiger partial charge < -0.3 is 19.3 Å². The van der Waals surface area contributed by atoms with Gasteiger partial charge in [-0.15, -0.1) is 0 Å². The lowest BCUT2D eigenvalue weighted by Gasteiger charge is -2.22. The molecule has 0 aromatic heterocycles. The minimum Gasteiger partial charge on any atom is -0.497 e. The first kappa shape index (κ1) is 22.3. The summed E-state index contributed by atoms with van der Waals surface area (Å²) >= 11 is 0. The summed E-state index contributed by atoms with van der Waals surface area (Å²) in [6.45, 7) is 3.53. The van der Waals surface area contributed by atoms with E-state index < -0.39 is 5.97 Å². The van der Waals surface area contributed by atoms with Crippen LogP contribution in [0.15, 0.2) is 48.5 Å². The summed E-state index contributed by atoms with van der Waals surface area (Å²) in [7, 11) is 1.63. The molecule has 164 valence electrons. The Morgan fingerprint density at radius 3 is 2.32 bits per heavy atom. The largest absolute Gasteiger partial charge is 0.497 e. The van der Waals surface area contributed by atoms with Crippen LogP contribution in [0, 0.1) is 0 Å².